The van der Waals surface area contributed by atoms with Gasteiger partial charge >= 0.3 is 0 Å². The lowest BCUT2D eigenvalue weighted by molar-refractivity contribution is 0.125. The zero-order valence-corrected chi connectivity index (χ0v) is 6.74. The van der Waals surface area contributed by atoms with Crippen molar-refractivity contribution in [3.8, 4) is 0 Å². The van der Waals surface area contributed by atoms with Crippen molar-refractivity contribution in [2.75, 3.05) is 26.2 Å². The van der Waals surface area contributed by atoms with Crippen LogP contribution < -0.4 is 5.73 Å². The number of nitrogens with two attached hydrogens (primary N) is 1. The van der Waals surface area contributed by atoms with Gasteiger partial charge in [0.25, 0.3) is 0 Å². The van der Waals surface area contributed by atoms with Gasteiger partial charge in [-0.2, -0.15) is 0 Å². The van der Waals surface area contributed by atoms with E-state index in [1.165, 1.54) is 19.5 Å². The molecule has 64 valence electrons. The summed E-state index contributed by atoms with van der Waals surface area (Å²) in [7, 11) is 0. The zero-order valence-electron chi connectivity index (χ0n) is 6.74. The van der Waals surface area contributed by atoms with Crippen LogP contribution in [-0.4, -0.2) is 42.3 Å². The third-order valence-electron chi connectivity index (χ3n) is 2.80. The molecule has 1 saturated heterocycles. The molecule has 3 N–H and O–H groups in total. The van der Waals surface area contributed by atoms with Crippen LogP contribution >= 0.6 is 0 Å². The molecule has 0 amide bonds. The quantitative estimate of drug-likeness (QED) is 0.565. The van der Waals surface area contributed by atoms with Crippen molar-refractivity contribution in [3.63, 3.8) is 0 Å². The van der Waals surface area contributed by atoms with E-state index in [4.69, 9.17) is 5.73 Å². The summed E-state index contributed by atoms with van der Waals surface area (Å²) in [5, 5.41) is 9.25. The minimum atomic E-state index is -0.313. The molecule has 0 aromatic rings. The van der Waals surface area contributed by atoms with Crippen molar-refractivity contribution >= 4 is 0 Å². The van der Waals surface area contributed by atoms with Gasteiger partial charge in [-0.15, -0.1) is 0 Å². The number of nitrogens with zero attached hydrogens (tertiary/aromatic N) is 1. The van der Waals surface area contributed by atoms with Gasteiger partial charge in [0.1, 0.15) is 0 Å². The Balaban J connectivity index is 1.71. The topological polar surface area (TPSA) is 49.5 Å². The second-order valence-electron chi connectivity index (χ2n) is 3.86. The van der Waals surface area contributed by atoms with E-state index in [1.54, 1.807) is 0 Å². The molecule has 0 aromatic carbocycles. The molecule has 3 nitrogen and oxygen atoms in total. The highest BCUT2D eigenvalue weighted by atomic mass is 16.3. The molecule has 11 heavy (non-hydrogen) atoms. The first kappa shape index (κ1) is 7.53. The number of likely N-dealkylation sites (tertiary alicyclic amines) is 1. The van der Waals surface area contributed by atoms with Crippen molar-refractivity contribution in [2.24, 2.45) is 17.6 Å². The van der Waals surface area contributed by atoms with E-state index in [9.17, 15) is 5.11 Å². The van der Waals surface area contributed by atoms with Crippen LogP contribution in [-0.2, 0) is 0 Å². The molecule has 1 saturated carbocycles. The minimum absolute atomic E-state index is 0.313. The van der Waals surface area contributed by atoms with Crippen LogP contribution in [0.25, 0.3) is 0 Å². The molecule has 2 unspecified atom stereocenters. The maximum atomic E-state index is 9.25. The number of fused-ring (bicyclic) bond motifs is 1. The van der Waals surface area contributed by atoms with E-state index >= 15 is 0 Å². The molecule has 0 spiro atoms. The Labute approximate surface area is 67.2 Å². The van der Waals surface area contributed by atoms with Crippen LogP contribution in [0.5, 0.6) is 0 Å². The van der Waals surface area contributed by atoms with Crippen molar-refractivity contribution in [2.45, 2.75) is 12.5 Å². The SMILES string of the molecule is NC[C@H](O)CN1CC2CC2C1. The summed E-state index contributed by atoms with van der Waals surface area (Å²) in [5.41, 5.74) is 5.32. The average Bonchev–Trinajstić information content (AvgIpc) is 2.60. The standard InChI is InChI=1S/C8H16N2O/c9-2-8(11)5-10-3-6-1-7(6)4-10/h6-8,11H,1-5,9H2/t6?,7?,8-/m0/s1. The van der Waals surface area contributed by atoms with Crippen LogP contribution in [0.1, 0.15) is 6.42 Å². The van der Waals surface area contributed by atoms with Crippen molar-refractivity contribution < 1.29 is 5.11 Å². The second-order valence-corrected chi connectivity index (χ2v) is 3.86. The van der Waals surface area contributed by atoms with Crippen molar-refractivity contribution in [3.05, 3.63) is 0 Å². The maximum Gasteiger partial charge on any atom is 0.0789 e. The Bertz CT molecular complexity index is 141. The van der Waals surface area contributed by atoms with E-state index in [0.29, 0.717) is 6.54 Å². The summed E-state index contributed by atoms with van der Waals surface area (Å²) < 4.78 is 0. The predicted octanol–water partition coefficient (Wildman–Crippen LogP) is -0.742. The minimum Gasteiger partial charge on any atom is -0.390 e. The summed E-state index contributed by atoms with van der Waals surface area (Å²) in [4.78, 5) is 2.33. The molecule has 1 heterocycles. The van der Waals surface area contributed by atoms with Gasteiger partial charge in [-0.1, -0.05) is 0 Å². The van der Waals surface area contributed by atoms with E-state index < -0.39 is 0 Å². The fraction of sp³-hybridized carbons (Fsp3) is 1.00. The van der Waals surface area contributed by atoms with E-state index in [0.717, 1.165) is 18.4 Å². The zero-order chi connectivity index (χ0) is 7.84. The molecule has 3 heteroatoms. The highest BCUT2D eigenvalue weighted by molar-refractivity contribution is 4.97. The fourth-order valence-corrected chi connectivity index (χ4v) is 2.02. The van der Waals surface area contributed by atoms with Crippen molar-refractivity contribution in [1.29, 1.82) is 0 Å². The summed E-state index contributed by atoms with van der Waals surface area (Å²) in [6.07, 6.45) is 1.11. The van der Waals surface area contributed by atoms with E-state index in [1.807, 2.05) is 0 Å². The molecule has 3 atom stereocenters. The highest BCUT2D eigenvalue weighted by Crippen LogP contribution is 2.44. The summed E-state index contributed by atoms with van der Waals surface area (Å²) in [6.45, 7) is 3.57. The molecule has 2 aliphatic rings. The van der Waals surface area contributed by atoms with Gasteiger partial charge in [-0.25, -0.2) is 0 Å². The Kier molecular flexibility index (Phi) is 1.87. The van der Waals surface area contributed by atoms with Gasteiger partial charge in [-0.05, 0) is 18.3 Å². The molecular weight excluding hydrogens is 140 g/mol. The molecule has 0 radical (unpaired) electrons. The summed E-state index contributed by atoms with van der Waals surface area (Å²) >= 11 is 0. The van der Waals surface area contributed by atoms with Gasteiger partial charge in [0.2, 0.25) is 0 Å². The van der Waals surface area contributed by atoms with Crippen LogP contribution in [0.2, 0.25) is 0 Å². The first-order chi connectivity index (χ1) is 5.29. The molecule has 0 bridgehead atoms. The number of β-amino-alcohol motifs (C(OH)–C–C–N with tert-alkyl or cyclic N) is 1. The molecule has 2 fully saturated rings. The van der Waals surface area contributed by atoms with Gasteiger partial charge in [0.05, 0.1) is 6.10 Å². The second kappa shape index (κ2) is 2.73. The Morgan fingerprint density at radius 2 is 2.09 bits per heavy atom. The molecule has 1 aliphatic heterocycles. The van der Waals surface area contributed by atoms with Crippen LogP contribution in [0, 0.1) is 11.8 Å². The normalized spacial score (nSPS) is 38.7. The van der Waals surface area contributed by atoms with Crippen LogP contribution in [0.4, 0.5) is 0 Å². The summed E-state index contributed by atoms with van der Waals surface area (Å²) in [6, 6.07) is 0. The molecular formula is C8H16N2O. The van der Waals surface area contributed by atoms with Gasteiger partial charge < -0.3 is 15.7 Å². The number of aliphatic hydroxyl groups is 1. The fourth-order valence-electron chi connectivity index (χ4n) is 2.02. The number of aliphatic hydroxyl groups excluding tert-OH is 1. The lowest BCUT2D eigenvalue weighted by atomic mass is 10.3. The first-order valence-corrected chi connectivity index (χ1v) is 4.40. The number of hydrogen-bond acceptors (Lipinski definition) is 3. The first-order valence-electron chi connectivity index (χ1n) is 4.40. The highest BCUT2D eigenvalue weighted by Gasteiger charge is 2.44. The van der Waals surface area contributed by atoms with Gasteiger partial charge in [0.15, 0.2) is 0 Å². The van der Waals surface area contributed by atoms with Crippen LogP contribution in [0.3, 0.4) is 0 Å². The lowest BCUT2D eigenvalue weighted by Gasteiger charge is -2.19. The number of hydrogen-bond donors (Lipinski definition) is 2. The van der Waals surface area contributed by atoms with Gasteiger partial charge in [0, 0.05) is 26.2 Å². The molecule has 0 aromatic heterocycles. The van der Waals surface area contributed by atoms with E-state index in [-0.39, 0.29) is 6.10 Å². The average molecular weight is 156 g/mol. The largest absolute Gasteiger partial charge is 0.390 e. The third-order valence-corrected chi connectivity index (χ3v) is 2.80. The van der Waals surface area contributed by atoms with Crippen LogP contribution in [0.15, 0.2) is 0 Å². The number of piperidine rings is 1. The Hall–Kier alpha value is -0.120. The smallest absolute Gasteiger partial charge is 0.0789 e. The molecule has 1 aliphatic carbocycles. The van der Waals surface area contributed by atoms with Crippen molar-refractivity contribution in [1.82, 2.24) is 4.90 Å². The van der Waals surface area contributed by atoms with E-state index in [2.05, 4.69) is 4.90 Å². The molecule has 2 rings (SSSR count). The Morgan fingerprint density at radius 3 is 2.64 bits per heavy atom. The Morgan fingerprint density at radius 1 is 1.45 bits per heavy atom. The third kappa shape index (κ3) is 1.55. The lowest BCUT2D eigenvalue weighted by Crippen LogP contribution is -2.36. The predicted molar refractivity (Wildman–Crippen MR) is 43.1 cm³/mol. The monoisotopic (exact) mass is 156 g/mol. The maximum absolute atomic E-state index is 9.25. The number of rotatable bonds is 3. The van der Waals surface area contributed by atoms with Gasteiger partial charge in [-0.3, -0.25) is 0 Å². The summed E-state index contributed by atoms with van der Waals surface area (Å²) in [5.74, 6) is 1.92.